The average Bonchev–Trinajstić information content (AvgIpc) is 3.21. The molecule has 0 saturated carbocycles. The maximum Gasteiger partial charge on any atom is 0.423 e. The SMILES string of the molecule is COc1cc(N2CC3(CCNCC3)C2)c(F)cc1Nc1ncc(C(F)(F)F)c(Oc2cccc3c2C(=O)N(C)C3)n1. The second-order valence-electron chi connectivity index (χ2n) is 10.7. The van der Waals surface area contributed by atoms with Gasteiger partial charge >= 0.3 is 6.18 Å². The summed E-state index contributed by atoms with van der Waals surface area (Å²) in [6.07, 6.45) is -2.18. The van der Waals surface area contributed by atoms with E-state index in [1.807, 2.05) is 4.90 Å². The highest BCUT2D eigenvalue weighted by molar-refractivity contribution is 6.00. The van der Waals surface area contributed by atoms with Crippen LogP contribution in [0.3, 0.4) is 0 Å². The number of ether oxygens (including phenoxy) is 2. The van der Waals surface area contributed by atoms with Gasteiger partial charge in [-0.3, -0.25) is 4.79 Å². The summed E-state index contributed by atoms with van der Waals surface area (Å²) in [7, 11) is 3.00. The zero-order valence-electron chi connectivity index (χ0n) is 22.4. The van der Waals surface area contributed by atoms with Crippen molar-refractivity contribution >= 4 is 23.2 Å². The molecule has 1 aromatic heterocycles. The van der Waals surface area contributed by atoms with Gasteiger partial charge in [0.15, 0.2) is 0 Å². The van der Waals surface area contributed by atoms with Crippen molar-refractivity contribution in [2.24, 2.45) is 5.41 Å². The molecule has 41 heavy (non-hydrogen) atoms. The highest BCUT2D eigenvalue weighted by atomic mass is 19.4. The Kier molecular flexibility index (Phi) is 6.63. The second-order valence-corrected chi connectivity index (χ2v) is 10.7. The molecule has 2 aromatic carbocycles. The average molecular weight is 573 g/mol. The van der Waals surface area contributed by atoms with Crippen LogP contribution in [0.5, 0.6) is 17.4 Å². The molecule has 2 saturated heterocycles. The number of benzene rings is 2. The van der Waals surface area contributed by atoms with E-state index in [2.05, 4.69) is 20.6 Å². The van der Waals surface area contributed by atoms with E-state index >= 15 is 4.39 Å². The Hall–Kier alpha value is -4.13. The summed E-state index contributed by atoms with van der Waals surface area (Å²) < 4.78 is 67.9. The second kappa shape index (κ2) is 10.1. The maximum absolute atomic E-state index is 15.3. The van der Waals surface area contributed by atoms with Gasteiger partial charge in [0.05, 0.1) is 24.0 Å². The van der Waals surface area contributed by atoms with Crippen LogP contribution in [-0.2, 0) is 12.7 Å². The van der Waals surface area contributed by atoms with E-state index in [4.69, 9.17) is 9.47 Å². The lowest BCUT2D eigenvalue weighted by Crippen LogP contribution is -2.60. The lowest BCUT2D eigenvalue weighted by atomic mass is 9.72. The molecule has 13 heteroatoms. The van der Waals surface area contributed by atoms with Gasteiger partial charge in [-0.25, -0.2) is 9.37 Å². The van der Waals surface area contributed by atoms with Crippen molar-refractivity contribution in [3.05, 3.63) is 59.0 Å². The molecule has 0 aliphatic carbocycles. The standard InChI is InChI=1S/C28H28F4N6O3/c1-37-13-16-4-3-5-21(23(16)25(37)39)41-24-17(28(30,31)32)12-34-26(36-24)35-19-10-18(29)20(11-22(19)40-2)38-14-27(15-38)6-8-33-9-7-27/h3-5,10-12,33H,6-9,13-15H2,1-2H3,(H,34,35,36). The van der Waals surface area contributed by atoms with Crippen LogP contribution in [0.1, 0.15) is 34.3 Å². The van der Waals surface area contributed by atoms with Crippen LogP contribution in [0.4, 0.5) is 34.9 Å². The van der Waals surface area contributed by atoms with Crippen molar-refractivity contribution in [1.29, 1.82) is 0 Å². The minimum Gasteiger partial charge on any atom is -0.494 e. The fourth-order valence-corrected chi connectivity index (χ4v) is 5.74. The maximum atomic E-state index is 15.3. The van der Waals surface area contributed by atoms with Gasteiger partial charge in [-0.2, -0.15) is 18.2 Å². The third-order valence-corrected chi connectivity index (χ3v) is 7.92. The number of nitrogens with zero attached hydrogens (tertiary/aromatic N) is 4. The van der Waals surface area contributed by atoms with E-state index in [1.165, 1.54) is 24.1 Å². The summed E-state index contributed by atoms with van der Waals surface area (Å²) in [6.45, 7) is 3.69. The Morgan fingerprint density at radius 2 is 1.88 bits per heavy atom. The summed E-state index contributed by atoms with van der Waals surface area (Å²) in [4.78, 5) is 23.8. The quantitative estimate of drug-likeness (QED) is 0.401. The first-order valence-electron chi connectivity index (χ1n) is 13.2. The summed E-state index contributed by atoms with van der Waals surface area (Å²) in [5.74, 6) is -1.73. The van der Waals surface area contributed by atoms with Crippen LogP contribution in [0.25, 0.3) is 0 Å². The minimum absolute atomic E-state index is 0.0546. The summed E-state index contributed by atoms with van der Waals surface area (Å²) >= 11 is 0. The number of halogens is 4. The Morgan fingerprint density at radius 1 is 1.12 bits per heavy atom. The van der Waals surface area contributed by atoms with Gasteiger partial charge in [0.25, 0.3) is 5.91 Å². The first kappa shape index (κ1) is 27.1. The summed E-state index contributed by atoms with van der Waals surface area (Å²) in [5, 5.41) is 6.11. The number of hydrogen-bond donors (Lipinski definition) is 2. The Labute approximate surface area is 233 Å². The molecule has 3 aromatic rings. The van der Waals surface area contributed by atoms with Gasteiger partial charge in [-0.05, 0) is 37.6 Å². The number of nitrogens with one attached hydrogen (secondary N) is 2. The molecule has 3 aliphatic heterocycles. The Balaban J connectivity index is 1.28. The molecular formula is C28H28F4N6O3. The minimum atomic E-state index is -4.83. The van der Waals surface area contributed by atoms with E-state index in [0.717, 1.165) is 39.0 Å². The summed E-state index contributed by atoms with van der Waals surface area (Å²) in [5.41, 5.74) is 0.288. The molecule has 4 heterocycles. The van der Waals surface area contributed by atoms with Crippen molar-refractivity contribution in [2.75, 3.05) is 50.6 Å². The molecule has 2 fully saturated rings. The van der Waals surface area contributed by atoms with Gasteiger partial charge in [0, 0.05) is 50.4 Å². The molecule has 1 amide bonds. The van der Waals surface area contributed by atoms with Crippen LogP contribution in [0.15, 0.2) is 36.5 Å². The highest BCUT2D eigenvalue weighted by Gasteiger charge is 2.44. The number of rotatable bonds is 6. The van der Waals surface area contributed by atoms with Crippen molar-refractivity contribution < 1.29 is 31.8 Å². The number of amides is 1. The van der Waals surface area contributed by atoms with Gasteiger partial charge in [0.1, 0.15) is 22.9 Å². The molecule has 0 atom stereocenters. The van der Waals surface area contributed by atoms with Crippen molar-refractivity contribution in [1.82, 2.24) is 20.2 Å². The molecule has 0 unspecified atom stereocenters. The Morgan fingerprint density at radius 3 is 2.59 bits per heavy atom. The van der Waals surface area contributed by atoms with Crippen LogP contribution >= 0.6 is 0 Å². The van der Waals surface area contributed by atoms with E-state index in [1.54, 1.807) is 25.2 Å². The normalized spacial score (nSPS) is 17.9. The highest BCUT2D eigenvalue weighted by Crippen LogP contribution is 2.45. The number of anilines is 3. The summed E-state index contributed by atoms with van der Waals surface area (Å²) in [6, 6.07) is 7.48. The number of aromatic nitrogens is 2. The fourth-order valence-electron chi connectivity index (χ4n) is 5.74. The molecule has 6 rings (SSSR count). The van der Waals surface area contributed by atoms with Gasteiger partial charge in [0.2, 0.25) is 11.8 Å². The molecule has 0 bridgehead atoms. The predicted molar refractivity (Wildman–Crippen MR) is 142 cm³/mol. The number of alkyl halides is 3. The molecule has 3 aliphatic rings. The smallest absolute Gasteiger partial charge is 0.423 e. The van der Waals surface area contributed by atoms with Gasteiger partial charge in [-0.15, -0.1) is 0 Å². The number of methoxy groups -OCH3 is 1. The van der Waals surface area contributed by atoms with Crippen LogP contribution in [0, 0.1) is 11.2 Å². The first-order valence-corrected chi connectivity index (χ1v) is 13.2. The van der Waals surface area contributed by atoms with E-state index in [-0.39, 0.29) is 40.0 Å². The molecule has 1 spiro atoms. The number of carbonyl (C=O) groups excluding carboxylic acids is 1. The largest absolute Gasteiger partial charge is 0.494 e. The van der Waals surface area contributed by atoms with Crippen LogP contribution in [0.2, 0.25) is 0 Å². The van der Waals surface area contributed by atoms with Crippen molar-refractivity contribution in [3.8, 4) is 17.4 Å². The fraction of sp³-hybridized carbons (Fsp3) is 0.393. The lowest BCUT2D eigenvalue weighted by Gasteiger charge is -2.53. The van der Waals surface area contributed by atoms with Gasteiger partial charge in [-0.1, -0.05) is 12.1 Å². The van der Waals surface area contributed by atoms with Crippen LogP contribution < -0.4 is 25.0 Å². The number of piperidine rings is 1. The van der Waals surface area contributed by atoms with E-state index < -0.39 is 23.4 Å². The monoisotopic (exact) mass is 572 g/mol. The van der Waals surface area contributed by atoms with Crippen molar-refractivity contribution in [2.45, 2.75) is 25.6 Å². The lowest BCUT2D eigenvalue weighted by molar-refractivity contribution is -0.139. The number of fused-ring (bicyclic) bond motifs is 1. The molecular weight excluding hydrogens is 544 g/mol. The Bertz CT molecular complexity index is 1500. The topological polar surface area (TPSA) is 91.8 Å². The first-order chi connectivity index (χ1) is 19.6. The van der Waals surface area contributed by atoms with Crippen LogP contribution in [-0.4, -0.2) is 61.1 Å². The molecule has 216 valence electrons. The third kappa shape index (κ3) is 4.98. The number of carbonyl (C=O) groups is 1. The predicted octanol–water partition coefficient (Wildman–Crippen LogP) is 4.95. The zero-order valence-corrected chi connectivity index (χ0v) is 22.4. The van der Waals surface area contributed by atoms with Gasteiger partial charge < -0.3 is 29.9 Å². The van der Waals surface area contributed by atoms with E-state index in [0.29, 0.717) is 24.0 Å². The zero-order chi connectivity index (χ0) is 28.9. The van der Waals surface area contributed by atoms with E-state index in [9.17, 15) is 18.0 Å². The molecule has 9 nitrogen and oxygen atoms in total. The molecule has 0 radical (unpaired) electrons. The number of hydrogen-bond acceptors (Lipinski definition) is 8. The third-order valence-electron chi connectivity index (χ3n) is 7.92. The molecule has 2 N–H and O–H groups in total. The van der Waals surface area contributed by atoms with Crippen molar-refractivity contribution in [3.63, 3.8) is 0 Å².